The highest BCUT2D eigenvalue weighted by molar-refractivity contribution is 5.85. The number of ether oxygens (including phenoxy) is 1. The Labute approximate surface area is 145 Å². The first-order valence-electron chi connectivity index (χ1n) is 8.96. The predicted molar refractivity (Wildman–Crippen MR) is 91.8 cm³/mol. The van der Waals surface area contributed by atoms with Gasteiger partial charge in [0, 0.05) is 0 Å². The number of nitrogens with one attached hydrogen (secondary N) is 2. The van der Waals surface area contributed by atoms with Crippen molar-refractivity contribution in [1.82, 2.24) is 15.7 Å². The summed E-state index contributed by atoms with van der Waals surface area (Å²) in [7, 11) is 0. The van der Waals surface area contributed by atoms with E-state index in [9.17, 15) is 14.8 Å². The smallest absolute Gasteiger partial charge is 0.408 e. The summed E-state index contributed by atoms with van der Waals surface area (Å²) in [5.74, 6) is -0.457. The lowest BCUT2D eigenvalue weighted by Crippen LogP contribution is -2.51. The molecule has 2 atom stereocenters. The molecular weight excluding hydrogens is 310 g/mol. The number of nitrogens with zero attached hydrogens (tertiary/aromatic N) is 1. The molecule has 7 nitrogen and oxygen atoms in total. The summed E-state index contributed by atoms with van der Waals surface area (Å²) in [6, 6.07) is -0.974. The molecule has 0 aromatic heterocycles. The van der Waals surface area contributed by atoms with Gasteiger partial charge in [0.25, 0.3) is 5.91 Å². The van der Waals surface area contributed by atoms with Gasteiger partial charge in [-0.3, -0.25) is 10.0 Å². The molecule has 2 amide bonds. The predicted octanol–water partition coefficient (Wildman–Crippen LogP) is 2.43. The topological polar surface area (TPSA) is 90.9 Å². The Bertz CT molecular complexity index is 401. The first-order valence-corrected chi connectivity index (χ1v) is 8.96. The van der Waals surface area contributed by atoms with E-state index in [-0.39, 0.29) is 6.04 Å². The number of hydroxylamine groups is 2. The molecule has 1 saturated heterocycles. The van der Waals surface area contributed by atoms with E-state index in [4.69, 9.17) is 4.74 Å². The van der Waals surface area contributed by atoms with Crippen LogP contribution in [0.25, 0.3) is 0 Å². The third-order valence-electron chi connectivity index (χ3n) is 3.95. The highest BCUT2D eigenvalue weighted by atomic mass is 16.6. The van der Waals surface area contributed by atoms with E-state index >= 15 is 0 Å². The van der Waals surface area contributed by atoms with Crippen LogP contribution in [0.2, 0.25) is 0 Å². The molecule has 0 bridgehead atoms. The minimum atomic E-state index is -0.763. The second-order valence-electron chi connectivity index (χ2n) is 7.36. The van der Waals surface area contributed by atoms with Crippen molar-refractivity contribution in [2.45, 2.75) is 83.9 Å². The molecule has 0 aliphatic carbocycles. The molecule has 24 heavy (non-hydrogen) atoms. The fraction of sp³-hybridized carbons (Fsp3) is 0.882. The first-order chi connectivity index (χ1) is 11.2. The molecule has 0 aromatic carbocycles. The molecule has 1 rings (SSSR count). The van der Waals surface area contributed by atoms with Crippen LogP contribution in [0.5, 0.6) is 0 Å². The van der Waals surface area contributed by atoms with Gasteiger partial charge in [-0.15, -0.1) is 0 Å². The fourth-order valence-electron chi connectivity index (χ4n) is 2.70. The van der Waals surface area contributed by atoms with E-state index in [1.807, 2.05) is 6.92 Å². The maximum atomic E-state index is 12.6. The Morgan fingerprint density at radius 1 is 1.33 bits per heavy atom. The quantitative estimate of drug-likeness (QED) is 0.509. The number of unbranched alkanes of at least 4 members (excludes halogenated alkanes) is 1. The van der Waals surface area contributed by atoms with Gasteiger partial charge in [0.05, 0.1) is 6.04 Å². The summed E-state index contributed by atoms with van der Waals surface area (Å²) in [5.41, 5.74) is -0.631. The highest BCUT2D eigenvalue weighted by Gasteiger charge is 2.31. The zero-order chi connectivity index (χ0) is 18.2. The van der Waals surface area contributed by atoms with Crippen LogP contribution in [-0.2, 0) is 9.53 Å². The van der Waals surface area contributed by atoms with Crippen molar-refractivity contribution in [3.05, 3.63) is 0 Å². The fourth-order valence-corrected chi connectivity index (χ4v) is 2.70. The largest absolute Gasteiger partial charge is 0.444 e. The van der Waals surface area contributed by atoms with Gasteiger partial charge >= 0.3 is 6.09 Å². The molecule has 0 saturated carbocycles. The maximum Gasteiger partial charge on any atom is 0.408 e. The Morgan fingerprint density at radius 3 is 2.67 bits per heavy atom. The molecule has 1 heterocycles. The number of rotatable bonds is 6. The summed E-state index contributed by atoms with van der Waals surface area (Å²) in [6.07, 6.45) is 3.90. The van der Waals surface area contributed by atoms with E-state index < -0.39 is 23.6 Å². The van der Waals surface area contributed by atoms with Crippen molar-refractivity contribution in [1.29, 1.82) is 0 Å². The molecule has 2 unspecified atom stereocenters. The van der Waals surface area contributed by atoms with Crippen molar-refractivity contribution >= 4 is 12.0 Å². The number of hydrogen-bond donors (Lipinski definition) is 3. The van der Waals surface area contributed by atoms with Crippen molar-refractivity contribution < 1.29 is 19.5 Å². The van der Waals surface area contributed by atoms with Crippen LogP contribution in [0.15, 0.2) is 0 Å². The van der Waals surface area contributed by atoms with Crippen molar-refractivity contribution in [3.63, 3.8) is 0 Å². The number of carbonyl (C=O) groups is 2. The summed E-state index contributed by atoms with van der Waals surface area (Å²) in [6.45, 7) is 9.00. The van der Waals surface area contributed by atoms with Crippen LogP contribution in [0, 0.1) is 0 Å². The molecule has 0 aromatic rings. The summed E-state index contributed by atoms with van der Waals surface area (Å²) in [5, 5.41) is 17.0. The van der Waals surface area contributed by atoms with Gasteiger partial charge in [-0.05, 0) is 59.5 Å². The standard InChI is InChI=1S/C17H33N3O4/c1-5-6-9-14(19-16(22)24-17(2,3)4)15(21)20(23)13-8-7-11-18-12-10-13/h13-14,18,23H,5-12H2,1-4H3,(H,19,22). The third kappa shape index (κ3) is 7.49. The molecule has 3 N–H and O–H groups in total. The van der Waals surface area contributed by atoms with Gasteiger partial charge in [-0.25, -0.2) is 9.86 Å². The molecule has 1 fully saturated rings. The molecule has 0 spiro atoms. The van der Waals surface area contributed by atoms with Gasteiger partial charge in [-0.1, -0.05) is 19.8 Å². The highest BCUT2D eigenvalue weighted by Crippen LogP contribution is 2.15. The zero-order valence-corrected chi connectivity index (χ0v) is 15.4. The molecule has 140 valence electrons. The van der Waals surface area contributed by atoms with Crippen LogP contribution in [0.1, 0.15) is 66.2 Å². The molecular formula is C17H33N3O4. The first kappa shape index (κ1) is 20.7. The monoisotopic (exact) mass is 343 g/mol. The van der Waals surface area contributed by atoms with E-state index in [0.29, 0.717) is 12.8 Å². The van der Waals surface area contributed by atoms with Crippen LogP contribution in [0.4, 0.5) is 4.79 Å². The second-order valence-corrected chi connectivity index (χ2v) is 7.36. The van der Waals surface area contributed by atoms with E-state index in [2.05, 4.69) is 10.6 Å². The van der Waals surface area contributed by atoms with Crippen LogP contribution in [0.3, 0.4) is 0 Å². The third-order valence-corrected chi connectivity index (χ3v) is 3.95. The minimum Gasteiger partial charge on any atom is -0.444 e. The zero-order valence-electron chi connectivity index (χ0n) is 15.4. The maximum absolute atomic E-state index is 12.6. The van der Waals surface area contributed by atoms with Gasteiger partial charge < -0.3 is 15.4 Å². The molecule has 0 radical (unpaired) electrons. The van der Waals surface area contributed by atoms with Crippen molar-refractivity contribution in [2.24, 2.45) is 0 Å². The lowest BCUT2D eigenvalue weighted by atomic mass is 10.1. The minimum absolute atomic E-state index is 0.211. The lowest BCUT2D eigenvalue weighted by molar-refractivity contribution is -0.179. The van der Waals surface area contributed by atoms with Crippen molar-refractivity contribution in [3.8, 4) is 0 Å². The summed E-state index contributed by atoms with van der Waals surface area (Å²) in [4.78, 5) is 24.6. The Morgan fingerprint density at radius 2 is 2.04 bits per heavy atom. The molecule has 7 heteroatoms. The number of hydrogen-bond acceptors (Lipinski definition) is 5. The summed E-state index contributed by atoms with van der Waals surface area (Å²) < 4.78 is 5.23. The van der Waals surface area contributed by atoms with E-state index in [1.54, 1.807) is 20.8 Å². The average molecular weight is 343 g/mol. The Balaban J connectivity index is 2.70. The average Bonchev–Trinajstić information content (AvgIpc) is 2.77. The lowest BCUT2D eigenvalue weighted by Gasteiger charge is -2.29. The van der Waals surface area contributed by atoms with E-state index in [0.717, 1.165) is 43.8 Å². The van der Waals surface area contributed by atoms with Gasteiger partial charge in [0.1, 0.15) is 11.6 Å². The number of carbonyl (C=O) groups excluding carboxylic acids is 2. The van der Waals surface area contributed by atoms with Gasteiger partial charge in [0.15, 0.2) is 0 Å². The summed E-state index contributed by atoms with van der Waals surface area (Å²) >= 11 is 0. The van der Waals surface area contributed by atoms with Gasteiger partial charge in [-0.2, -0.15) is 0 Å². The Kier molecular flexibility index (Phi) is 8.48. The van der Waals surface area contributed by atoms with Crippen molar-refractivity contribution in [2.75, 3.05) is 13.1 Å². The second kappa shape index (κ2) is 9.84. The SMILES string of the molecule is CCCCC(NC(=O)OC(C)(C)C)C(=O)N(O)C1CCCNCC1. The number of amides is 2. The van der Waals surface area contributed by atoms with Crippen LogP contribution in [-0.4, -0.2) is 53.0 Å². The van der Waals surface area contributed by atoms with Gasteiger partial charge in [0.2, 0.25) is 0 Å². The van der Waals surface area contributed by atoms with Crippen LogP contribution < -0.4 is 10.6 Å². The van der Waals surface area contributed by atoms with E-state index in [1.165, 1.54) is 0 Å². The van der Waals surface area contributed by atoms with Crippen LogP contribution >= 0.6 is 0 Å². The number of alkyl carbamates (subject to hydrolysis) is 1. The molecule has 1 aliphatic heterocycles. The Hall–Kier alpha value is -1.34. The molecule has 1 aliphatic rings. The normalized spacial score (nSPS) is 20.0.